The lowest BCUT2D eigenvalue weighted by molar-refractivity contribution is 0.0214. The highest BCUT2D eigenvalue weighted by atomic mass is 35.5. The zero-order chi connectivity index (χ0) is 20.8. The average molecular weight is 427 g/mol. The standard InChI is InChI=1S/C23H27ClN4O2/c1-18(15-27-11-13-29-14-12-27)28(16-19-5-3-2-4-6-19)17-22-25-23(26-30-22)20-7-9-21(24)10-8-20/h2-10,18H,11-17H2,1H3. The first-order chi connectivity index (χ1) is 14.7. The number of morpholine rings is 1. The molecule has 0 amide bonds. The van der Waals surface area contributed by atoms with Gasteiger partial charge in [0, 0.05) is 42.8 Å². The zero-order valence-corrected chi connectivity index (χ0v) is 18.0. The molecular weight excluding hydrogens is 400 g/mol. The first kappa shape index (κ1) is 21.0. The molecule has 0 aliphatic carbocycles. The Morgan fingerprint density at radius 3 is 2.50 bits per heavy atom. The van der Waals surface area contributed by atoms with Gasteiger partial charge in [-0.15, -0.1) is 0 Å². The molecule has 0 spiro atoms. The molecule has 1 fully saturated rings. The Morgan fingerprint density at radius 2 is 1.77 bits per heavy atom. The monoisotopic (exact) mass is 426 g/mol. The van der Waals surface area contributed by atoms with Gasteiger partial charge in [-0.25, -0.2) is 0 Å². The predicted octanol–water partition coefficient (Wildman–Crippen LogP) is 4.11. The van der Waals surface area contributed by atoms with E-state index in [1.807, 2.05) is 30.3 Å². The highest BCUT2D eigenvalue weighted by Gasteiger charge is 2.22. The number of benzene rings is 2. The van der Waals surface area contributed by atoms with E-state index in [1.165, 1.54) is 5.56 Å². The zero-order valence-electron chi connectivity index (χ0n) is 17.2. The second kappa shape index (κ2) is 10.2. The Morgan fingerprint density at radius 1 is 1.03 bits per heavy atom. The van der Waals surface area contributed by atoms with Crippen LogP contribution in [0.3, 0.4) is 0 Å². The molecule has 30 heavy (non-hydrogen) atoms. The maximum atomic E-state index is 5.98. The molecular formula is C23H27ClN4O2. The van der Waals surface area contributed by atoms with Crippen molar-refractivity contribution in [2.24, 2.45) is 0 Å². The lowest BCUT2D eigenvalue weighted by Crippen LogP contribution is -2.45. The molecule has 0 N–H and O–H groups in total. The fourth-order valence-electron chi connectivity index (χ4n) is 3.67. The van der Waals surface area contributed by atoms with Crippen molar-refractivity contribution in [2.75, 3.05) is 32.8 Å². The van der Waals surface area contributed by atoms with E-state index >= 15 is 0 Å². The van der Waals surface area contributed by atoms with Crippen LogP contribution in [0.15, 0.2) is 59.1 Å². The van der Waals surface area contributed by atoms with Gasteiger partial charge in [0.25, 0.3) is 0 Å². The summed E-state index contributed by atoms with van der Waals surface area (Å²) in [6, 6.07) is 18.3. The van der Waals surface area contributed by atoms with Crippen LogP contribution in [0.5, 0.6) is 0 Å². The third kappa shape index (κ3) is 5.67. The summed E-state index contributed by atoms with van der Waals surface area (Å²) in [4.78, 5) is 9.47. The maximum Gasteiger partial charge on any atom is 0.241 e. The minimum atomic E-state index is 0.328. The minimum Gasteiger partial charge on any atom is -0.379 e. The van der Waals surface area contributed by atoms with Gasteiger partial charge >= 0.3 is 0 Å². The second-order valence-corrected chi connectivity index (χ2v) is 8.11. The van der Waals surface area contributed by atoms with Crippen LogP contribution in [0, 0.1) is 0 Å². The number of rotatable bonds is 8. The lowest BCUT2D eigenvalue weighted by Gasteiger charge is -2.34. The Bertz CT molecular complexity index is 910. The molecule has 1 atom stereocenters. The Balaban J connectivity index is 1.48. The van der Waals surface area contributed by atoms with E-state index in [9.17, 15) is 0 Å². The van der Waals surface area contributed by atoms with Crippen LogP contribution >= 0.6 is 11.6 Å². The molecule has 6 nitrogen and oxygen atoms in total. The van der Waals surface area contributed by atoms with Crippen LogP contribution in [0.1, 0.15) is 18.4 Å². The molecule has 1 aliphatic heterocycles. The van der Waals surface area contributed by atoms with Crippen LogP contribution < -0.4 is 0 Å². The van der Waals surface area contributed by atoms with Crippen LogP contribution in [0.4, 0.5) is 0 Å². The van der Waals surface area contributed by atoms with Gasteiger partial charge < -0.3 is 9.26 Å². The van der Waals surface area contributed by atoms with Gasteiger partial charge in [0.1, 0.15) is 0 Å². The summed E-state index contributed by atoms with van der Waals surface area (Å²) < 4.78 is 11.1. The van der Waals surface area contributed by atoms with E-state index in [4.69, 9.17) is 20.9 Å². The first-order valence-electron chi connectivity index (χ1n) is 10.3. The molecule has 1 aliphatic rings. The van der Waals surface area contributed by atoms with E-state index < -0.39 is 0 Å². The van der Waals surface area contributed by atoms with E-state index in [0.717, 1.165) is 45.0 Å². The number of hydrogen-bond donors (Lipinski definition) is 0. The summed E-state index contributed by atoms with van der Waals surface area (Å²) >= 11 is 5.98. The predicted molar refractivity (Wildman–Crippen MR) is 117 cm³/mol. The third-order valence-electron chi connectivity index (χ3n) is 5.39. The van der Waals surface area contributed by atoms with E-state index in [0.29, 0.717) is 29.3 Å². The maximum absolute atomic E-state index is 5.98. The molecule has 0 bridgehead atoms. The van der Waals surface area contributed by atoms with Gasteiger partial charge in [0.15, 0.2) is 0 Å². The van der Waals surface area contributed by atoms with E-state index in [1.54, 1.807) is 0 Å². The molecule has 4 rings (SSSR count). The van der Waals surface area contributed by atoms with Crippen molar-refractivity contribution >= 4 is 11.6 Å². The molecule has 158 valence electrons. The van der Waals surface area contributed by atoms with Crippen molar-refractivity contribution in [1.29, 1.82) is 0 Å². The Labute approximate surface area is 182 Å². The van der Waals surface area contributed by atoms with Crippen molar-refractivity contribution in [1.82, 2.24) is 19.9 Å². The van der Waals surface area contributed by atoms with E-state index in [-0.39, 0.29) is 0 Å². The lowest BCUT2D eigenvalue weighted by atomic mass is 10.1. The van der Waals surface area contributed by atoms with Gasteiger partial charge in [0.05, 0.1) is 19.8 Å². The summed E-state index contributed by atoms with van der Waals surface area (Å²) in [6.45, 7) is 8.23. The van der Waals surface area contributed by atoms with Crippen molar-refractivity contribution in [2.45, 2.75) is 26.1 Å². The van der Waals surface area contributed by atoms with Gasteiger partial charge in [-0.1, -0.05) is 47.1 Å². The summed E-state index contributed by atoms with van der Waals surface area (Å²) in [7, 11) is 0. The van der Waals surface area contributed by atoms with Crippen LogP contribution in [0.25, 0.3) is 11.4 Å². The molecule has 1 unspecified atom stereocenters. The highest BCUT2D eigenvalue weighted by molar-refractivity contribution is 6.30. The van der Waals surface area contributed by atoms with Crippen molar-refractivity contribution in [3.63, 3.8) is 0 Å². The van der Waals surface area contributed by atoms with Crippen molar-refractivity contribution < 1.29 is 9.26 Å². The van der Waals surface area contributed by atoms with E-state index in [2.05, 4.69) is 51.1 Å². The number of hydrogen-bond acceptors (Lipinski definition) is 6. The van der Waals surface area contributed by atoms with Crippen LogP contribution in [0.2, 0.25) is 5.02 Å². The number of halogens is 1. The van der Waals surface area contributed by atoms with Crippen molar-refractivity contribution in [3.8, 4) is 11.4 Å². The van der Waals surface area contributed by atoms with Gasteiger partial charge in [-0.2, -0.15) is 4.98 Å². The quantitative estimate of drug-likeness (QED) is 0.540. The molecule has 2 heterocycles. The molecule has 1 saturated heterocycles. The Hall–Kier alpha value is -2.25. The van der Waals surface area contributed by atoms with Crippen LogP contribution in [-0.4, -0.2) is 58.8 Å². The summed E-state index contributed by atoms with van der Waals surface area (Å²) in [5, 5.41) is 4.86. The highest BCUT2D eigenvalue weighted by Crippen LogP contribution is 2.20. The third-order valence-corrected chi connectivity index (χ3v) is 5.64. The first-order valence-corrected chi connectivity index (χ1v) is 10.7. The fraction of sp³-hybridized carbons (Fsp3) is 0.391. The Kier molecular flexibility index (Phi) is 7.12. The summed E-state index contributed by atoms with van der Waals surface area (Å²) in [5.41, 5.74) is 2.16. The summed E-state index contributed by atoms with van der Waals surface area (Å²) in [5.74, 6) is 1.20. The fourth-order valence-corrected chi connectivity index (χ4v) is 3.79. The summed E-state index contributed by atoms with van der Waals surface area (Å²) in [6.07, 6.45) is 0. The normalized spacial score (nSPS) is 16.1. The molecule has 2 aromatic carbocycles. The average Bonchev–Trinajstić information content (AvgIpc) is 3.24. The smallest absolute Gasteiger partial charge is 0.241 e. The number of nitrogens with zero attached hydrogens (tertiary/aromatic N) is 4. The SMILES string of the molecule is CC(CN1CCOCC1)N(Cc1ccccc1)Cc1nc(-c2ccc(Cl)cc2)no1. The van der Waals surface area contributed by atoms with Gasteiger partial charge in [0.2, 0.25) is 11.7 Å². The largest absolute Gasteiger partial charge is 0.379 e. The van der Waals surface area contributed by atoms with Crippen molar-refractivity contribution in [3.05, 3.63) is 71.1 Å². The molecule has 7 heteroatoms. The molecule has 3 aromatic rings. The minimum absolute atomic E-state index is 0.328. The number of aromatic nitrogens is 2. The van der Waals surface area contributed by atoms with Crippen LogP contribution in [-0.2, 0) is 17.8 Å². The second-order valence-electron chi connectivity index (χ2n) is 7.67. The van der Waals surface area contributed by atoms with Gasteiger partial charge in [-0.05, 0) is 36.8 Å². The molecule has 0 saturated carbocycles. The van der Waals surface area contributed by atoms with Gasteiger partial charge in [-0.3, -0.25) is 9.80 Å². The molecule has 0 radical (unpaired) electrons. The number of ether oxygens (including phenoxy) is 1. The molecule has 1 aromatic heterocycles. The topological polar surface area (TPSA) is 54.6 Å².